The van der Waals surface area contributed by atoms with Gasteiger partial charge in [0.15, 0.2) is 11.4 Å². The quantitative estimate of drug-likeness (QED) is 0.771. The Balaban J connectivity index is 1.87. The van der Waals surface area contributed by atoms with Crippen molar-refractivity contribution in [2.45, 2.75) is 13.8 Å². The van der Waals surface area contributed by atoms with Gasteiger partial charge in [-0.05, 0) is 25.5 Å². The maximum atomic E-state index is 13.1. The molecule has 0 atom stereocenters. The molecule has 1 aliphatic rings. The van der Waals surface area contributed by atoms with Crippen LogP contribution in [0.2, 0.25) is 0 Å². The van der Waals surface area contributed by atoms with E-state index >= 15 is 0 Å². The third kappa shape index (κ3) is 4.23. The number of carbonyl (C=O) groups excluding carboxylic acids is 2. The van der Waals surface area contributed by atoms with Gasteiger partial charge in [-0.1, -0.05) is 18.2 Å². The minimum atomic E-state index is -0.389. The molecule has 2 heterocycles. The molecule has 1 aromatic carbocycles. The standard InChI is InChI=1S/C20H24N4O5/c1-4-29-20(27)23-11-9-22(10-12-23)19(26)18-16(28-3)13-17(25)24(21-18)15-8-6-5-7-14(15)2/h5-8,13H,4,9-12H2,1-3H3. The van der Waals surface area contributed by atoms with E-state index in [1.807, 2.05) is 19.1 Å². The van der Waals surface area contributed by atoms with Crippen LogP contribution in [0.1, 0.15) is 23.0 Å². The van der Waals surface area contributed by atoms with Gasteiger partial charge in [0, 0.05) is 26.2 Å². The highest BCUT2D eigenvalue weighted by Gasteiger charge is 2.29. The van der Waals surface area contributed by atoms with Gasteiger partial charge >= 0.3 is 6.09 Å². The number of benzene rings is 1. The van der Waals surface area contributed by atoms with Crippen molar-refractivity contribution in [1.82, 2.24) is 19.6 Å². The molecule has 3 rings (SSSR count). The molecule has 0 unspecified atom stereocenters. The summed E-state index contributed by atoms with van der Waals surface area (Å²) in [5.74, 6) is -0.231. The van der Waals surface area contributed by atoms with Gasteiger partial charge in [-0.2, -0.15) is 9.78 Å². The summed E-state index contributed by atoms with van der Waals surface area (Å²) in [6.45, 7) is 5.33. The fraction of sp³-hybridized carbons (Fsp3) is 0.400. The number of ether oxygens (including phenoxy) is 2. The highest BCUT2D eigenvalue weighted by atomic mass is 16.6. The molecular weight excluding hydrogens is 376 g/mol. The number of para-hydroxylation sites is 1. The van der Waals surface area contributed by atoms with Gasteiger partial charge in [0.25, 0.3) is 11.5 Å². The molecule has 1 saturated heterocycles. The highest BCUT2D eigenvalue weighted by molar-refractivity contribution is 5.95. The molecule has 9 heteroatoms. The molecule has 0 bridgehead atoms. The number of aryl methyl sites for hydroxylation is 1. The first-order valence-corrected chi connectivity index (χ1v) is 9.41. The molecule has 29 heavy (non-hydrogen) atoms. The fourth-order valence-electron chi connectivity index (χ4n) is 3.17. The smallest absolute Gasteiger partial charge is 0.409 e. The van der Waals surface area contributed by atoms with Crippen LogP contribution < -0.4 is 10.3 Å². The van der Waals surface area contributed by atoms with E-state index in [0.717, 1.165) is 5.56 Å². The van der Waals surface area contributed by atoms with Crippen LogP contribution in [0.3, 0.4) is 0 Å². The second-order valence-corrected chi connectivity index (χ2v) is 6.58. The summed E-state index contributed by atoms with van der Waals surface area (Å²) in [4.78, 5) is 40.6. The minimum Gasteiger partial charge on any atom is -0.494 e. The number of piperazine rings is 1. The van der Waals surface area contributed by atoms with Crippen LogP contribution in [0.25, 0.3) is 5.69 Å². The van der Waals surface area contributed by atoms with Gasteiger partial charge in [0.05, 0.1) is 25.5 Å². The summed E-state index contributed by atoms with van der Waals surface area (Å²) in [7, 11) is 1.39. The second-order valence-electron chi connectivity index (χ2n) is 6.58. The lowest BCUT2D eigenvalue weighted by molar-refractivity contribution is 0.0561. The van der Waals surface area contributed by atoms with Crippen LogP contribution >= 0.6 is 0 Å². The third-order valence-electron chi connectivity index (χ3n) is 4.76. The van der Waals surface area contributed by atoms with Crippen molar-refractivity contribution in [3.05, 3.63) is 51.9 Å². The number of amides is 2. The Morgan fingerprint density at radius 1 is 1.10 bits per heavy atom. The Hall–Kier alpha value is -3.36. The molecular formula is C20H24N4O5. The summed E-state index contributed by atoms with van der Waals surface area (Å²) < 4.78 is 11.5. The van der Waals surface area contributed by atoms with Crippen molar-refractivity contribution in [2.24, 2.45) is 0 Å². The predicted molar refractivity (Wildman–Crippen MR) is 106 cm³/mol. The van der Waals surface area contributed by atoms with Gasteiger partial charge < -0.3 is 19.3 Å². The van der Waals surface area contributed by atoms with Crippen LogP contribution in [0, 0.1) is 6.92 Å². The summed E-state index contributed by atoms with van der Waals surface area (Å²) >= 11 is 0. The topological polar surface area (TPSA) is 94.0 Å². The number of hydrogen-bond acceptors (Lipinski definition) is 6. The van der Waals surface area contributed by atoms with Crippen molar-refractivity contribution in [3.8, 4) is 11.4 Å². The molecule has 0 N–H and O–H groups in total. The number of hydrogen-bond donors (Lipinski definition) is 0. The van der Waals surface area contributed by atoms with Gasteiger partial charge in [-0.3, -0.25) is 9.59 Å². The average Bonchev–Trinajstić information content (AvgIpc) is 2.74. The minimum absolute atomic E-state index is 0.0555. The van der Waals surface area contributed by atoms with E-state index in [1.54, 1.807) is 28.9 Å². The monoisotopic (exact) mass is 400 g/mol. The SMILES string of the molecule is CCOC(=O)N1CCN(C(=O)c2nn(-c3ccccc3C)c(=O)cc2OC)CC1. The maximum Gasteiger partial charge on any atom is 0.409 e. The van der Waals surface area contributed by atoms with Crippen LogP contribution in [-0.2, 0) is 4.74 Å². The van der Waals surface area contributed by atoms with Gasteiger partial charge in [-0.25, -0.2) is 4.79 Å². The van der Waals surface area contributed by atoms with E-state index in [9.17, 15) is 14.4 Å². The Morgan fingerprint density at radius 2 is 1.76 bits per heavy atom. The molecule has 2 amide bonds. The number of carbonyl (C=O) groups is 2. The van der Waals surface area contributed by atoms with E-state index < -0.39 is 0 Å². The van der Waals surface area contributed by atoms with Crippen LogP contribution in [0.4, 0.5) is 4.79 Å². The maximum absolute atomic E-state index is 13.1. The van der Waals surface area contributed by atoms with Gasteiger partial charge in [0.2, 0.25) is 0 Å². The lowest BCUT2D eigenvalue weighted by Gasteiger charge is -2.34. The zero-order chi connectivity index (χ0) is 21.0. The molecule has 0 radical (unpaired) electrons. The Labute approximate surface area is 168 Å². The molecule has 2 aromatic rings. The number of rotatable bonds is 4. The number of aromatic nitrogens is 2. The average molecular weight is 400 g/mol. The zero-order valence-electron chi connectivity index (χ0n) is 16.8. The van der Waals surface area contributed by atoms with Crippen LogP contribution in [0.5, 0.6) is 5.75 Å². The van der Waals surface area contributed by atoms with Gasteiger partial charge in [-0.15, -0.1) is 0 Å². The van der Waals surface area contributed by atoms with Crippen LogP contribution in [0.15, 0.2) is 35.1 Å². The first-order valence-electron chi connectivity index (χ1n) is 9.41. The first-order chi connectivity index (χ1) is 14.0. The van der Waals surface area contributed by atoms with E-state index in [2.05, 4.69) is 5.10 Å². The predicted octanol–water partition coefficient (Wildman–Crippen LogP) is 1.46. The Morgan fingerprint density at radius 3 is 2.38 bits per heavy atom. The molecule has 0 aliphatic carbocycles. The third-order valence-corrected chi connectivity index (χ3v) is 4.76. The zero-order valence-corrected chi connectivity index (χ0v) is 16.8. The molecule has 0 spiro atoms. The Bertz CT molecular complexity index is 964. The summed E-state index contributed by atoms with van der Waals surface area (Å²) in [6, 6.07) is 8.56. The van der Waals surface area contributed by atoms with E-state index in [-0.39, 0.29) is 29.0 Å². The van der Waals surface area contributed by atoms with E-state index in [0.29, 0.717) is 38.5 Å². The lowest BCUT2D eigenvalue weighted by atomic mass is 10.2. The fourth-order valence-corrected chi connectivity index (χ4v) is 3.17. The van der Waals surface area contributed by atoms with Crippen LogP contribution in [-0.4, -0.2) is 71.5 Å². The summed E-state index contributed by atoms with van der Waals surface area (Å²) in [6.07, 6.45) is -0.386. The molecule has 154 valence electrons. The molecule has 1 aliphatic heterocycles. The second kappa shape index (κ2) is 8.76. The Kier molecular flexibility index (Phi) is 6.16. The highest BCUT2D eigenvalue weighted by Crippen LogP contribution is 2.19. The largest absolute Gasteiger partial charge is 0.494 e. The summed E-state index contributed by atoms with van der Waals surface area (Å²) in [5, 5.41) is 4.32. The van der Waals surface area contributed by atoms with Crippen molar-refractivity contribution >= 4 is 12.0 Å². The van der Waals surface area contributed by atoms with Crippen molar-refractivity contribution in [1.29, 1.82) is 0 Å². The van der Waals surface area contributed by atoms with E-state index in [4.69, 9.17) is 9.47 Å². The normalized spacial score (nSPS) is 13.9. The molecule has 1 aromatic heterocycles. The molecule has 1 fully saturated rings. The number of methoxy groups -OCH3 is 1. The number of nitrogens with zero attached hydrogens (tertiary/aromatic N) is 4. The van der Waals surface area contributed by atoms with Gasteiger partial charge in [0.1, 0.15) is 0 Å². The lowest BCUT2D eigenvalue weighted by Crippen LogP contribution is -2.51. The van der Waals surface area contributed by atoms with Crippen molar-refractivity contribution < 1.29 is 19.1 Å². The first kappa shape index (κ1) is 20.4. The molecule has 9 nitrogen and oxygen atoms in total. The molecule has 0 saturated carbocycles. The van der Waals surface area contributed by atoms with Crippen molar-refractivity contribution in [2.75, 3.05) is 39.9 Å². The van der Waals surface area contributed by atoms with E-state index in [1.165, 1.54) is 17.9 Å². The summed E-state index contributed by atoms with van der Waals surface area (Å²) in [5.41, 5.74) is 1.12. The van der Waals surface area contributed by atoms with Crippen molar-refractivity contribution in [3.63, 3.8) is 0 Å².